The van der Waals surface area contributed by atoms with Crippen molar-refractivity contribution in [2.24, 2.45) is 0 Å². The molecule has 0 aliphatic carbocycles. The van der Waals surface area contributed by atoms with E-state index in [9.17, 15) is 4.79 Å². The number of methoxy groups -OCH3 is 2. The van der Waals surface area contributed by atoms with E-state index in [1.165, 1.54) is 5.56 Å². The highest BCUT2D eigenvalue weighted by Gasteiger charge is 2.38. The Morgan fingerprint density at radius 2 is 2.04 bits per heavy atom. The van der Waals surface area contributed by atoms with Gasteiger partial charge in [-0.05, 0) is 30.5 Å². The summed E-state index contributed by atoms with van der Waals surface area (Å²) in [5.41, 5.74) is 1.21. The SMILES string of the molecule is COCC(=O)N[C@H]1CN(C2CCOCC2)C[C@@H]1c1cccc(OC)c1.Cl. The van der Waals surface area contributed by atoms with Crippen LogP contribution in [-0.4, -0.2) is 70.0 Å². The number of hydrogen-bond acceptors (Lipinski definition) is 5. The van der Waals surface area contributed by atoms with Crippen LogP contribution < -0.4 is 10.1 Å². The third-order valence-electron chi connectivity index (χ3n) is 5.20. The van der Waals surface area contributed by atoms with Gasteiger partial charge in [-0.2, -0.15) is 0 Å². The van der Waals surface area contributed by atoms with Gasteiger partial charge in [-0.15, -0.1) is 12.4 Å². The summed E-state index contributed by atoms with van der Waals surface area (Å²) in [5.74, 6) is 1.04. The fraction of sp³-hybridized carbons (Fsp3) is 0.632. The normalized spacial score (nSPS) is 24.1. The molecule has 0 unspecified atom stereocenters. The number of hydrogen-bond donors (Lipinski definition) is 1. The number of ether oxygens (including phenoxy) is 3. The van der Waals surface area contributed by atoms with Crippen LogP contribution in [0.5, 0.6) is 5.75 Å². The van der Waals surface area contributed by atoms with Crippen LogP contribution in [0.2, 0.25) is 0 Å². The van der Waals surface area contributed by atoms with Gasteiger partial charge < -0.3 is 19.5 Å². The van der Waals surface area contributed by atoms with E-state index in [1.54, 1.807) is 14.2 Å². The fourth-order valence-corrected chi connectivity index (χ4v) is 3.92. The molecule has 0 bridgehead atoms. The molecule has 1 amide bonds. The highest BCUT2D eigenvalue weighted by molar-refractivity contribution is 5.85. The van der Waals surface area contributed by atoms with Crippen LogP contribution >= 0.6 is 12.4 Å². The first-order chi connectivity index (χ1) is 12.2. The zero-order valence-electron chi connectivity index (χ0n) is 15.5. The second-order valence-corrected chi connectivity index (χ2v) is 6.79. The van der Waals surface area contributed by atoms with E-state index >= 15 is 0 Å². The van der Waals surface area contributed by atoms with Crippen molar-refractivity contribution in [3.63, 3.8) is 0 Å². The maximum absolute atomic E-state index is 12.1. The molecule has 0 radical (unpaired) electrons. The number of carbonyl (C=O) groups is 1. The van der Waals surface area contributed by atoms with Gasteiger partial charge in [0.2, 0.25) is 5.91 Å². The lowest BCUT2D eigenvalue weighted by Crippen LogP contribution is -2.43. The topological polar surface area (TPSA) is 60.0 Å². The van der Waals surface area contributed by atoms with Crippen molar-refractivity contribution in [2.45, 2.75) is 30.8 Å². The highest BCUT2D eigenvalue weighted by Crippen LogP contribution is 2.32. The Bertz CT molecular complexity index is 580. The van der Waals surface area contributed by atoms with Crippen LogP contribution in [0, 0.1) is 0 Å². The third kappa shape index (κ3) is 5.10. The second kappa shape index (κ2) is 10.1. The number of halogens is 1. The lowest BCUT2D eigenvalue weighted by atomic mass is 9.94. The zero-order chi connectivity index (χ0) is 17.6. The second-order valence-electron chi connectivity index (χ2n) is 6.79. The molecule has 2 aliphatic heterocycles. The highest BCUT2D eigenvalue weighted by atomic mass is 35.5. The van der Waals surface area contributed by atoms with Crippen LogP contribution in [0.1, 0.15) is 24.3 Å². The molecular formula is C19H29ClN2O4. The molecule has 146 valence electrons. The average Bonchev–Trinajstić information content (AvgIpc) is 3.06. The van der Waals surface area contributed by atoms with Crippen LogP contribution in [-0.2, 0) is 14.3 Å². The average molecular weight is 385 g/mol. The molecule has 2 heterocycles. The minimum atomic E-state index is -0.0609. The Hall–Kier alpha value is -1.34. The van der Waals surface area contributed by atoms with E-state index in [1.807, 2.05) is 12.1 Å². The lowest BCUT2D eigenvalue weighted by molar-refractivity contribution is -0.125. The summed E-state index contributed by atoms with van der Waals surface area (Å²) in [4.78, 5) is 14.6. The monoisotopic (exact) mass is 384 g/mol. The van der Waals surface area contributed by atoms with Crippen molar-refractivity contribution in [3.8, 4) is 5.75 Å². The summed E-state index contributed by atoms with van der Waals surface area (Å²) in [7, 11) is 3.22. The number of nitrogens with zero attached hydrogens (tertiary/aromatic N) is 1. The van der Waals surface area contributed by atoms with Crippen LogP contribution in [0.15, 0.2) is 24.3 Å². The summed E-state index contributed by atoms with van der Waals surface area (Å²) in [6.45, 7) is 3.55. The van der Waals surface area contributed by atoms with Crippen molar-refractivity contribution in [3.05, 3.63) is 29.8 Å². The van der Waals surface area contributed by atoms with Gasteiger partial charge in [0.25, 0.3) is 0 Å². The predicted molar refractivity (Wildman–Crippen MR) is 102 cm³/mol. The maximum Gasteiger partial charge on any atom is 0.246 e. The number of likely N-dealkylation sites (tertiary alicyclic amines) is 1. The first-order valence-corrected chi connectivity index (χ1v) is 8.95. The maximum atomic E-state index is 12.1. The zero-order valence-corrected chi connectivity index (χ0v) is 16.3. The molecule has 1 aromatic rings. The molecule has 26 heavy (non-hydrogen) atoms. The molecule has 6 nitrogen and oxygen atoms in total. The first-order valence-electron chi connectivity index (χ1n) is 8.95. The Kier molecular flexibility index (Phi) is 8.15. The molecule has 2 saturated heterocycles. The van der Waals surface area contributed by atoms with Gasteiger partial charge in [0.1, 0.15) is 12.4 Å². The van der Waals surface area contributed by atoms with Gasteiger partial charge in [-0.1, -0.05) is 12.1 Å². The third-order valence-corrected chi connectivity index (χ3v) is 5.20. The van der Waals surface area contributed by atoms with E-state index in [4.69, 9.17) is 14.2 Å². The van der Waals surface area contributed by atoms with E-state index in [2.05, 4.69) is 22.3 Å². The van der Waals surface area contributed by atoms with Crippen molar-refractivity contribution >= 4 is 18.3 Å². The summed E-state index contributed by atoms with van der Waals surface area (Å²) >= 11 is 0. The molecule has 1 N–H and O–H groups in total. The Morgan fingerprint density at radius 3 is 2.73 bits per heavy atom. The van der Waals surface area contributed by atoms with Gasteiger partial charge in [-0.3, -0.25) is 9.69 Å². The van der Waals surface area contributed by atoms with Crippen LogP contribution in [0.3, 0.4) is 0 Å². The fourth-order valence-electron chi connectivity index (χ4n) is 3.92. The number of rotatable bonds is 6. The largest absolute Gasteiger partial charge is 0.497 e. The smallest absolute Gasteiger partial charge is 0.246 e. The standard InChI is InChI=1S/C19H28N2O4.ClH/c1-23-13-19(22)20-18-12-21(15-6-8-25-9-7-15)11-17(18)14-4-3-5-16(10-14)24-2;/h3-5,10,15,17-18H,6-9,11-13H2,1-2H3,(H,20,22);1H/t17-,18+;/m1./s1. The molecule has 1 aromatic carbocycles. The van der Waals surface area contributed by atoms with Crippen molar-refractivity contribution in [1.29, 1.82) is 0 Å². The quantitative estimate of drug-likeness (QED) is 0.810. The molecule has 2 aliphatic rings. The molecule has 0 aromatic heterocycles. The van der Waals surface area contributed by atoms with E-state index in [-0.39, 0.29) is 36.9 Å². The number of nitrogens with one attached hydrogen (secondary N) is 1. The first kappa shape index (κ1) is 21.0. The van der Waals surface area contributed by atoms with Gasteiger partial charge in [0.05, 0.1) is 7.11 Å². The molecule has 2 fully saturated rings. The van der Waals surface area contributed by atoms with Gasteiger partial charge in [-0.25, -0.2) is 0 Å². The van der Waals surface area contributed by atoms with Crippen LogP contribution in [0.25, 0.3) is 0 Å². The predicted octanol–water partition coefficient (Wildman–Crippen LogP) is 1.83. The van der Waals surface area contributed by atoms with Crippen molar-refractivity contribution in [2.75, 3.05) is 47.1 Å². The molecule has 3 rings (SSSR count). The molecular weight excluding hydrogens is 356 g/mol. The minimum Gasteiger partial charge on any atom is -0.497 e. The number of benzene rings is 1. The van der Waals surface area contributed by atoms with Crippen molar-refractivity contribution < 1.29 is 19.0 Å². The Labute approximate surface area is 161 Å². The summed E-state index contributed by atoms with van der Waals surface area (Å²) in [6, 6.07) is 8.78. The van der Waals surface area contributed by atoms with Gasteiger partial charge >= 0.3 is 0 Å². The lowest BCUT2D eigenvalue weighted by Gasteiger charge is -2.31. The van der Waals surface area contributed by atoms with Gasteiger partial charge in [0.15, 0.2) is 0 Å². The Morgan fingerprint density at radius 1 is 1.27 bits per heavy atom. The van der Waals surface area contributed by atoms with Crippen molar-refractivity contribution in [1.82, 2.24) is 10.2 Å². The van der Waals surface area contributed by atoms with E-state index in [0.717, 1.165) is 44.9 Å². The summed E-state index contributed by atoms with van der Waals surface area (Å²) in [5, 5.41) is 3.16. The van der Waals surface area contributed by atoms with E-state index in [0.29, 0.717) is 6.04 Å². The van der Waals surface area contributed by atoms with Gasteiger partial charge in [0, 0.05) is 51.4 Å². The van der Waals surface area contributed by atoms with Crippen LogP contribution in [0.4, 0.5) is 0 Å². The molecule has 0 saturated carbocycles. The Balaban J connectivity index is 0.00000243. The molecule has 2 atom stereocenters. The number of amides is 1. The summed E-state index contributed by atoms with van der Waals surface area (Å²) < 4.78 is 15.8. The molecule has 0 spiro atoms. The summed E-state index contributed by atoms with van der Waals surface area (Å²) in [6.07, 6.45) is 2.12. The molecule has 7 heteroatoms. The van der Waals surface area contributed by atoms with E-state index < -0.39 is 0 Å². The minimum absolute atomic E-state index is 0. The number of carbonyl (C=O) groups excluding carboxylic acids is 1.